The van der Waals surface area contributed by atoms with E-state index in [1.165, 1.54) is 19.3 Å². The van der Waals surface area contributed by atoms with Gasteiger partial charge in [0.25, 0.3) is 0 Å². The highest BCUT2D eigenvalue weighted by Gasteiger charge is 2.27. The van der Waals surface area contributed by atoms with Crippen LogP contribution in [0, 0.1) is 0 Å². The van der Waals surface area contributed by atoms with Gasteiger partial charge in [-0.05, 0) is 77.0 Å². The largest absolute Gasteiger partial charge is 0.472 e. The number of hydrogen-bond donors (Lipinski definition) is 4. The molecular weight excluding hydrogens is 735 g/mol. The Morgan fingerprint density at radius 3 is 1.82 bits per heavy atom. The SMILES string of the molecule is CC/C=C\C/C=C\C/C=C\CCCCCCCC(=O)OC[C@H](COP(=O)(O)OC[C@@H](O)CO)OC(=O)CCC[C@@H](O)/C=C/C=C\C/C=C\C/C=C\CCCCC. The fraction of sp³-hybridized carbons (Fsp3) is 0.636. The van der Waals surface area contributed by atoms with Crippen LogP contribution in [0.2, 0.25) is 0 Å². The molecule has 4 atom stereocenters. The van der Waals surface area contributed by atoms with Crippen molar-refractivity contribution < 1.29 is 52.9 Å². The number of hydrogen-bond acceptors (Lipinski definition) is 10. The average Bonchev–Trinajstić information content (AvgIpc) is 3.18. The third-order valence-corrected chi connectivity index (χ3v) is 9.09. The van der Waals surface area contributed by atoms with Gasteiger partial charge in [0.15, 0.2) is 6.10 Å². The minimum atomic E-state index is -4.68. The fourth-order valence-electron chi connectivity index (χ4n) is 4.93. The first kappa shape index (κ1) is 53.1. The Labute approximate surface area is 337 Å². The summed E-state index contributed by atoms with van der Waals surface area (Å²) in [7, 11) is -4.68. The molecule has 0 bridgehead atoms. The zero-order chi connectivity index (χ0) is 41.4. The van der Waals surface area contributed by atoms with E-state index in [-0.39, 0.29) is 12.8 Å². The Morgan fingerprint density at radius 2 is 1.18 bits per heavy atom. The Balaban J connectivity index is 4.58. The molecule has 0 aliphatic carbocycles. The number of phosphoric ester groups is 1. The average molecular weight is 809 g/mol. The zero-order valence-electron chi connectivity index (χ0n) is 34.2. The van der Waals surface area contributed by atoms with Crippen molar-refractivity contribution in [3.8, 4) is 0 Å². The molecule has 0 saturated heterocycles. The first-order valence-corrected chi connectivity index (χ1v) is 22.1. The van der Waals surface area contributed by atoms with Gasteiger partial charge < -0.3 is 29.7 Å². The molecule has 320 valence electrons. The van der Waals surface area contributed by atoms with E-state index in [4.69, 9.17) is 19.1 Å². The van der Waals surface area contributed by atoms with E-state index in [1.807, 2.05) is 12.2 Å². The van der Waals surface area contributed by atoms with Gasteiger partial charge in [-0.25, -0.2) is 4.57 Å². The molecule has 0 aliphatic heterocycles. The van der Waals surface area contributed by atoms with Crippen molar-refractivity contribution >= 4 is 19.8 Å². The number of aliphatic hydroxyl groups is 3. The normalized spacial score (nSPS) is 15.3. The van der Waals surface area contributed by atoms with E-state index >= 15 is 0 Å². The molecule has 0 heterocycles. The molecule has 0 radical (unpaired) electrons. The Hall–Kier alpha value is -2.89. The third kappa shape index (κ3) is 38.0. The molecular formula is C44H73O11P. The summed E-state index contributed by atoms with van der Waals surface area (Å²) in [6, 6.07) is 0. The van der Waals surface area contributed by atoms with Crippen LogP contribution in [0.4, 0.5) is 0 Å². The molecule has 0 rings (SSSR count). The number of ether oxygens (including phenoxy) is 2. The number of carbonyl (C=O) groups is 2. The van der Waals surface area contributed by atoms with Crippen molar-refractivity contribution in [2.45, 2.75) is 154 Å². The second-order valence-corrected chi connectivity index (χ2v) is 14.9. The van der Waals surface area contributed by atoms with Gasteiger partial charge in [0.05, 0.1) is 25.9 Å². The van der Waals surface area contributed by atoms with E-state index in [9.17, 15) is 29.3 Å². The van der Waals surface area contributed by atoms with Crippen LogP contribution in [0.15, 0.2) is 85.1 Å². The molecule has 1 unspecified atom stereocenters. The van der Waals surface area contributed by atoms with E-state index in [1.54, 1.807) is 12.2 Å². The second-order valence-electron chi connectivity index (χ2n) is 13.5. The summed E-state index contributed by atoms with van der Waals surface area (Å²) in [6.45, 7) is 1.97. The summed E-state index contributed by atoms with van der Waals surface area (Å²) in [5, 5.41) is 28.6. The molecule has 0 fully saturated rings. The molecule has 0 spiro atoms. The van der Waals surface area contributed by atoms with Crippen LogP contribution in [0.3, 0.4) is 0 Å². The summed E-state index contributed by atoms with van der Waals surface area (Å²) >= 11 is 0. The van der Waals surface area contributed by atoms with Crippen LogP contribution in [0.25, 0.3) is 0 Å². The van der Waals surface area contributed by atoms with Crippen molar-refractivity contribution in [1.82, 2.24) is 0 Å². The molecule has 11 nitrogen and oxygen atoms in total. The van der Waals surface area contributed by atoms with Crippen molar-refractivity contribution in [3.63, 3.8) is 0 Å². The van der Waals surface area contributed by atoms with Gasteiger partial charge in [-0.3, -0.25) is 18.6 Å². The molecule has 0 aromatic heterocycles. The van der Waals surface area contributed by atoms with Gasteiger partial charge in [-0.1, -0.05) is 131 Å². The van der Waals surface area contributed by atoms with Gasteiger partial charge in [-0.15, -0.1) is 0 Å². The fourth-order valence-corrected chi connectivity index (χ4v) is 5.72. The highest BCUT2D eigenvalue weighted by atomic mass is 31.2. The second kappa shape index (κ2) is 39.0. The van der Waals surface area contributed by atoms with Crippen LogP contribution in [0.1, 0.15) is 136 Å². The van der Waals surface area contributed by atoms with E-state index < -0.39 is 64.5 Å². The molecule has 0 aromatic carbocycles. The monoisotopic (exact) mass is 808 g/mol. The van der Waals surface area contributed by atoms with Gasteiger partial charge in [0, 0.05) is 12.8 Å². The number of phosphoric acid groups is 1. The maximum atomic E-state index is 12.6. The summed E-state index contributed by atoms with van der Waals surface area (Å²) in [5.41, 5.74) is 0. The Kier molecular flexibility index (Phi) is 36.9. The van der Waals surface area contributed by atoms with Crippen LogP contribution in [-0.4, -0.2) is 76.9 Å². The molecule has 12 heteroatoms. The molecule has 56 heavy (non-hydrogen) atoms. The van der Waals surface area contributed by atoms with Gasteiger partial charge in [-0.2, -0.15) is 0 Å². The quantitative estimate of drug-likeness (QED) is 0.0155. The first-order valence-electron chi connectivity index (χ1n) is 20.7. The molecule has 0 aromatic rings. The van der Waals surface area contributed by atoms with Gasteiger partial charge in [0.1, 0.15) is 12.7 Å². The maximum absolute atomic E-state index is 12.6. The van der Waals surface area contributed by atoms with Crippen molar-refractivity contribution in [3.05, 3.63) is 85.1 Å². The van der Waals surface area contributed by atoms with Crippen LogP contribution in [-0.2, 0) is 32.7 Å². The van der Waals surface area contributed by atoms with Gasteiger partial charge in [0.2, 0.25) is 0 Å². The molecule has 4 N–H and O–H groups in total. The summed E-state index contributed by atoms with van der Waals surface area (Å²) in [4.78, 5) is 34.9. The summed E-state index contributed by atoms with van der Waals surface area (Å²) in [6.07, 6.45) is 41.5. The molecule has 0 saturated carbocycles. The van der Waals surface area contributed by atoms with Crippen LogP contribution < -0.4 is 0 Å². The molecule has 0 amide bonds. The Morgan fingerprint density at radius 1 is 0.625 bits per heavy atom. The van der Waals surface area contributed by atoms with Crippen molar-refractivity contribution in [2.75, 3.05) is 26.4 Å². The minimum absolute atomic E-state index is 0.0528. The summed E-state index contributed by atoms with van der Waals surface area (Å²) in [5.74, 6) is -1.16. The van der Waals surface area contributed by atoms with E-state index in [2.05, 4.69) is 79.1 Å². The predicted molar refractivity (Wildman–Crippen MR) is 225 cm³/mol. The van der Waals surface area contributed by atoms with Crippen molar-refractivity contribution in [1.29, 1.82) is 0 Å². The van der Waals surface area contributed by atoms with E-state index in [0.29, 0.717) is 19.3 Å². The lowest BCUT2D eigenvalue weighted by Gasteiger charge is -2.20. The third-order valence-electron chi connectivity index (χ3n) is 8.14. The maximum Gasteiger partial charge on any atom is 0.472 e. The lowest BCUT2D eigenvalue weighted by Crippen LogP contribution is -2.30. The number of allylic oxidation sites excluding steroid dienone is 13. The summed E-state index contributed by atoms with van der Waals surface area (Å²) < 4.78 is 32.5. The zero-order valence-corrected chi connectivity index (χ0v) is 35.1. The van der Waals surface area contributed by atoms with Crippen LogP contribution in [0.5, 0.6) is 0 Å². The van der Waals surface area contributed by atoms with Crippen molar-refractivity contribution in [2.24, 2.45) is 0 Å². The first-order chi connectivity index (χ1) is 27.1. The van der Waals surface area contributed by atoms with Gasteiger partial charge >= 0.3 is 19.8 Å². The molecule has 0 aliphatic rings. The lowest BCUT2D eigenvalue weighted by molar-refractivity contribution is -0.161. The number of carbonyl (C=O) groups excluding carboxylic acids is 2. The Bertz CT molecular complexity index is 1220. The van der Waals surface area contributed by atoms with E-state index in [0.717, 1.165) is 70.6 Å². The standard InChI is InChI=1S/C44H73O11P/c1-3-5-7-9-11-13-15-17-18-20-22-24-26-28-30-34-43(48)52-38-42(39-54-56(50,51)53-37-41(47)36-45)55-44(49)35-31-33-40(46)32-29-27-25-23-21-19-16-14-12-10-8-6-4-2/h5,7,11-14,17-19,21,25,27,29,32,40-42,45-47H,3-4,6,8-10,15-16,20,22-24,26,28,30-31,33-39H2,1-2H3,(H,50,51)/b7-5-,13-11-,14-12-,18-17-,21-19-,27-25-,32-29+/t40-,41-,42+/m0/s1. The number of esters is 2. The smallest absolute Gasteiger partial charge is 0.462 e. The highest BCUT2D eigenvalue weighted by molar-refractivity contribution is 7.47. The number of unbranched alkanes of at least 4 members (excludes halogenated alkanes) is 8. The lowest BCUT2D eigenvalue weighted by atomic mass is 10.1. The highest BCUT2D eigenvalue weighted by Crippen LogP contribution is 2.43. The number of aliphatic hydroxyl groups excluding tert-OH is 3. The topological polar surface area (TPSA) is 169 Å². The minimum Gasteiger partial charge on any atom is -0.462 e. The van der Waals surface area contributed by atoms with Crippen LogP contribution >= 0.6 is 7.82 Å². The number of rotatable bonds is 37. The predicted octanol–water partition coefficient (Wildman–Crippen LogP) is 9.63.